The number of benzene rings is 2. The molecule has 0 saturated carbocycles. The molecule has 0 spiro atoms. The van der Waals surface area contributed by atoms with E-state index < -0.39 is 49.0 Å². The Morgan fingerprint density at radius 3 is 2.38 bits per heavy atom. The zero-order valence-corrected chi connectivity index (χ0v) is 21.8. The number of hydrogen-bond donors (Lipinski definition) is 5. The first-order chi connectivity index (χ1) is 19.2. The third-order valence-corrected chi connectivity index (χ3v) is 6.06. The van der Waals surface area contributed by atoms with E-state index in [0.29, 0.717) is 18.4 Å². The number of carbonyl (C=O) groups excluding carboxylic acids is 3. The number of carboxylic acid groups (broad SMARTS) is 2. The molecule has 3 aromatic rings. The van der Waals surface area contributed by atoms with Gasteiger partial charge in [-0.2, -0.15) is 0 Å². The van der Waals surface area contributed by atoms with Crippen LogP contribution >= 0.6 is 0 Å². The summed E-state index contributed by atoms with van der Waals surface area (Å²) in [6.07, 6.45) is 1.81. The van der Waals surface area contributed by atoms with Gasteiger partial charge in [0.2, 0.25) is 11.8 Å². The SMILES string of the molecule is O=C(O)CN(CC(=O)N[C@H](CCCCNC(=O)OCc1ccccc1)C(=O)O)C(=O)Cc1c[nH]c2ccccc12. The molecule has 1 heterocycles. The first-order valence-corrected chi connectivity index (χ1v) is 12.7. The van der Waals surface area contributed by atoms with Gasteiger partial charge in [-0.05, 0) is 36.5 Å². The second-order valence-electron chi connectivity index (χ2n) is 9.12. The first-order valence-electron chi connectivity index (χ1n) is 12.7. The average molecular weight is 553 g/mol. The molecule has 12 nitrogen and oxygen atoms in total. The lowest BCUT2D eigenvalue weighted by Gasteiger charge is -2.22. The maximum atomic E-state index is 12.9. The van der Waals surface area contributed by atoms with Crippen LogP contribution in [0.3, 0.4) is 0 Å². The third kappa shape index (κ3) is 9.46. The molecule has 0 bridgehead atoms. The standard InChI is InChI=1S/C28H32N4O8/c33-24(16-32(17-26(35)36)25(34)14-20-15-30-22-11-5-4-10-21(20)22)31-23(27(37)38)12-6-7-13-29-28(39)40-18-19-8-2-1-3-9-19/h1-5,8-11,15,23,30H,6-7,12-14,16-18H2,(H,29,39)(H,31,33)(H,35,36)(H,37,38)/t23-/m1/s1. The number of nitrogens with one attached hydrogen (secondary N) is 3. The predicted molar refractivity (Wildman–Crippen MR) is 144 cm³/mol. The highest BCUT2D eigenvalue weighted by molar-refractivity contribution is 5.93. The molecule has 0 saturated heterocycles. The van der Waals surface area contributed by atoms with Crippen molar-refractivity contribution in [3.63, 3.8) is 0 Å². The number of nitrogens with zero attached hydrogens (tertiary/aromatic N) is 1. The summed E-state index contributed by atoms with van der Waals surface area (Å²) >= 11 is 0. The van der Waals surface area contributed by atoms with Crippen LogP contribution in [0.15, 0.2) is 60.8 Å². The highest BCUT2D eigenvalue weighted by atomic mass is 16.5. The molecule has 3 amide bonds. The number of carboxylic acids is 2. The minimum absolute atomic E-state index is 0.0734. The molecule has 212 valence electrons. The second-order valence-corrected chi connectivity index (χ2v) is 9.12. The Hall–Kier alpha value is -4.87. The van der Waals surface area contributed by atoms with Crippen molar-refractivity contribution in [2.45, 2.75) is 38.3 Å². The van der Waals surface area contributed by atoms with Crippen molar-refractivity contribution in [3.8, 4) is 0 Å². The number of H-pyrrole nitrogens is 1. The van der Waals surface area contributed by atoms with E-state index in [1.54, 1.807) is 6.20 Å². The minimum Gasteiger partial charge on any atom is -0.480 e. The molecule has 0 aliphatic rings. The summed E-state index contributed by atoms with van der Waals surface area (Å²) in [7, 11) is 0. The quantitative estimate of drug-likeness (QED) is 0.178. The smallest absolute Gasteiger partial charge is 0.407 e. The fourth-order valence-corrected chi connectivity index (χ4v) is 4.06. The van der Waals surface area contributed by atoms with Gasteiger partial charge in [-0.15, -0.1) is 0 Å². The molecule has 12 heteroatoms. The molecule has 2 aromatic carbocycles. The van der Waals surface area contributed by atoms with Gasteiger partial charge in [0.15, 0.2) is 0 Å². The summed E-state index contributed by atoms with van der Waals surface area (Å²) in [5, 5.41) is 24.5. The van der Waals surface area contributed by atoms with Crippen molar-refractivity contribution in [2.75, 3.05) is 19.6 Å². The third-order valence-electron chi connectivity index (χ3n) is 6.06. The van der Waals surface area contributed by atoms with Gasteiger partial charge < -0.3 is 35.5 Å². The van der Waals surface area contributed by atoms with Crippen molar-refractivity contribution in [2.24, 2.45) is 0 Å². The van der Waals surface area contributed by atoms with Crippen molar-refractivity contribution < 1.29 is 38.9 Å². The van der Waals surface area contributed by atoms with Gasteiger partial charge in [0.25, 0.3) is 0 Å². The number of carbonyl (C=O) groups is 5. The van der Waals surface area contributed by atoms with Crippen LogP contribution in [0, 0.1) is 0 Å². The van der Waals surface area contributed by atoms with E-state index in [-0.39, 0.29) is 26.0 Å². The molecule has 40 heavy (non-hydrogen) atoms. The Morgan fingerprint density at radius 2 is 1.65 bits per heavy atom. The molecular formula is C28H32N4O8. The summed E-state index contributed by atoms with van der Waals surface area (Å²) in [4.78, 5) is 64.2. The monoisotopic (exact) mass is 552 g/mol. The highest BCUT2D eigenvalue weighted by Crippen LogP contribution is 2.18. The average Bonchev–Trinajstić information content (AvgIpc) is 3.33. The molecule has 0 radical (unpaired) electrons. The highest BCUT2D eigenvalue weighted by Gasteiger charge is 2.25. The molecule has 0 unspecified atom stereocenters. The molecule has 3 rings (SSSR count). The Kier molecular flexibility index (Phi) is 11.1. The molecule has 1 aromatic heterocycles. The van der Waals surface area contributed by atoms with Crippen LogP contribution in [-0.2, 0) is 36.9 Å². The zero-order chi connectivity index (χ0) is 28.9. The van der Waals surface area contributed by atoms with Crippen LogP contribution < -0.4 is 10.6 Å². The van der Waals surface area contributed by atoms with E-state index in [1.807, 2.05) is 54.6 Å². The molecule has 0 fully saturated rings. The topological polar surface area (TPSA) is 178 Å². The van der Waals surface area contributed by atoms with Crippen molar-refractivity contribution >= 4 is 40.7 Å². The molecule has 5 N–H and O–H groups in total. The van der Waals surface area contributed by atoms with Crippen LogP contribution in [0.5, 0.6) is 0 Å². The van der Waals surface area contributed by atoms with Crippen molar-refractivity contribution in [1.29, 1.82) is 0 Å². The van der Waals surface area contributed by atoms with E-state index >= 15 is 0 Å². The lowest BCUT2D eigenvalue weighted by atomic mass is 10.1. The molecule has 1 atom stereocenters. The number of aromatic amines is 1. The summed E-state index contributed by atoms with van der Waals surface area (Å²) < 4.78 is 5.11. The van der Waals surface area contributed by atoms with Gasteiger partial charge in [0.05, 0.1) is 6.42 Å². The number of rotatable bonds is 15. The van der Waals surface area contributed by atoms with E-state index in [9.17, 15) is 34.2 Å². The lowest BCUT2D eigenvalue weighted by molar-refractivity contribution is -0.147. The number of fused-ring (bicyclic) bond motifs is 1. The van der Waals surface area contributed by atoms with Gasteiger partial charge in [0, 0.05) is 23.6 Å². The van der Waals surface area contributed by atoms with Crippen molar-refractivity contribution in [1.82, 2.24) is 20.5 Å². The number of unbranched alkanes of at least 4 members (excludes halogenated alkanes) is 1. The van der Waals surface area contributed by atoms with Crippen LogP contribution in [0.1, 0.15) is 30.4 Å². The lowest BCUT2D eigenvalue weighted by Crippen LogP contribution is -2.48. The minimum atomic E-state index is -1.30. The number of aliphatic carboxylic acids is 2. The van der Waals surface area contributed by atoms with E-state index in [1.165, 1.54) is 0 Å². The number of ether oxygens (including phenoxy) is 1. The number of hydrogen-bond acceptors (Lipinski definition) is 6. The van der Waals surface area contributed by atoms with Gasteiger partial charge in [-0.25, -0.2) is 9.59 Å². The maximum absolute atomic E-state index is 12.9. The predicted octanol–water partition coefficient (Wildman–Crippen LogP) is 2.29. The summed E-state index contributed by atoms with van der Waals surface area (Å²) in [6, 6.07) is 15.2. The summed E-state index contributed by atoms with van der Waals surface area (Å²) in [5.74, 6) is -3.94. The van der Waals surface area contributed by atoms with Gasteiger partial charge in [-0.1, -0.05) is 48.5 Å². The summed E-state index contributed by atoms with van der Waals surface area (Å²) in [5.41, 5.74) is 2.31. The fraction of sp³-hybridized carbons (Fsp3) is 0.321. The van der Waals surface area contributed by atoms with E-state index in [0.717, 1.165) is 21.4 Å². The molecule has 0 aliphatic heterocycles. The first kappa shape index (κ1) is 29.7. The zero-order valence-electron chi connectivity index (χ0n) is 21.8. The van der Waals surface area contributed by atoms with Crippen LogP contribution in [0.25, 0.3) is 10.9 Å². The number of aromatic nitrogens is 1. The number of amides is 3. The Balaban J connectivity index is 1.44. The Bertz CT molecular complexity index is 1320. The largest absolute Gasteiger partial charge is 0.480 e. The summed E-state index contributed by atoms with van der Waals surface area (Å²) in [6.45, 7) is -0.934. The van der Waals surface area contributed by atoms with Gasteiger partial charge in [0.1, 0.15) is 25.7 Å². The van der Waals surface area contributed by atoms with E-state index in [4.69, 9.17) is 4.74 Å². The van der Waals surface area contributed by atoms with Crippen LogP contribution in [0.4, 0.5) is 4.79 Å². The Labute approximate surface area is 230 Å². The van der Waals surface area contributed by atoms with E-state index in [2.05, 4.69) is 15.6 Å². The van der Waals surface area contributed by atoms with Gasteiger partial charge in [-0.3, -0.25) is 14.4 Å². The molecular weight excluding hydrogens is 520 g/mol. The number of para-hydroxylation sites is 1. The normalized spacial score (nSPS) is 11.4. The van der Waals surface area contributed by atoms with Gasteiger partial charge >= 0.3 is 18.0 Å². The Morgan fingerprint density at radius 1 is 0.925 bits per heavy atom. The number of alkyl carbamates (subject to hydrolysis) is 1. The fourth-order valence-electron chi connectivity index (χ4n) is 4.06. The van der Waals surface area contributed by atoms with Crippen LogP contribution in [-0.4, -0.2) is 75.6 Å². The van der Waals surface area contributed by atoms with Crippen LogP contribution in [0.2, 0.25) is 0 Å². The second kappa shape index (κ2) is 14.9. The molecule has 0 aliphatic carbocycles. The maximum Gasteiger partial charge on any atom is 0.407 e. The van der Waals surface area contributed by atoms with Crippen molar-refractivity contribution in [3.05, 3.63) is 71.9 Å².